The molecule has 0 heterocycles. The largest absolute Gasteiger partial charge is 0.420 e. The van der Waals surface area contributed by atoms with Crippen molar-refractivity contribution in [2.75, 3.05) is 5.73 Å². The Morgan fingerprint density at radius 1 is 1.08 bits per heavy atom. The van der Waals surface area contributed by atoms with E-state index >= 15 is 0 Å². The van der Waals surface area contributed by atoms with Crippen LogP contribution in [-0.2, 0) is 14.4 Å². The van der Waals surface area contributed by atoms with E-state index in [1.165, 1.54) is 18.2 Å². The topological polar surface area (TPSA) is 182 Å². The summed E-state index contributed by atoms with van der Waals surface area (Å²) in [7, 11) is -8.02. The van der Waals surface area contributed by atoms with E-state index in [0.29, 0.717) is 0 Å². The molecule has 0 unspecified atom stereocenters. The molecule has 128 valence electrons. The summed E-state index contributed by atoms with van der Waals surface area (Å²) in [5.74, 6) is -0.244. The van der Waals surface area contributed by atoms with Crippen molar-refractivity contribution >= 4 is 28.9 Å². The van der Waals surface area contributed by atoms with E-state index in [1.54, 1.807) is 0 Å². The van der Waals surface area contributed by atoms with Crippen molar-refractivity contribution < 1.29 is 22.4 Å². The van der Waals surface area contributed by atoms with Gasteiger partial charge in [-0.25, -0.2) is 24.0 Å². The zero-order chi connectivity index (χ0) is 18.1. The molecule has 0 saturated heterocycles. The van der Waals surface area contributed by atoms with Gasteiger partial charge in [0.2, 0.25) is 9.84 Å². The Hall–Kier alpha value is -2.46. The number of nitrogens with two attached hydrogens (primary N) is 3. The minimum atomic E-state index is -4.09. The number of benzene rings is 2. The molecule has 0 atom stereocenters. The molecular formula is C12H13N4O6PS. The van der Waals surface area contributed by atoms with E-state index in [1.807, 2.05) is 0 Å². The van der Waals surface area contributed by atoms with Crippen LogP contribution in [0, 0.1) is 10.1 Å². The van der Waals surface area contributed by atoms with Crippen LogP contribution in [-0.4, -0.2) is 13.3 Å². The van der Waals surface area contributed by atoms with Crippen LogP contribution in [0.25, 0.3) is 0 Å². The van der Waals surface area contributed by atoms with Gasteiger partial charge < -0.3 is 10.3 Å². The second-order valence-corrected chi connectivity index (χ2v) is 8.05. The normalized spacial score (nSPS) is 11.9. The van der Waals surface area contributed by atoms with Crippen LogP contribution in [0.3, 0.4) is 0 Å². The van der Waals surface area contributed by atoms with Crippen molar-refractivity contribution in [3.63, 3.8) is 0 Å². The molecule has 24 heavy (non-hydrogen) atoms. The summed E-state index contributed by atoms with van der Waals surface area (Å²) in [6, 6.07) is 8.04. The van der Waals surface area contributed by atoms with Crippen LogP contribution >= 0.6 is 7.67 Å². The molecule has 0 spiro atoms. The Morgan fingerprint density at radius 3 is 2.17 bits per heavy atom. The molecule has 2 aromatic carbocycles. The van der Waals surface area contributed by atoms with Gasteiger partial charge in [-0.15, -0.1) is 0 Å². The van der Waals surface area contributed by atoms with Crippen LogP contribution < -0.4 is 21.3 Å². The third-order valence-electron chi connectivity index (χ3n) is 2.91. The number of nitrogens with zero attached hydrogens (tertiary/aromatic N) is 1. The molecule has 0 bridgehead atoms. The second-order valence-electron chi connectivity index (χ2n) is 4.66. The van der Waals surface area contributed by atoms with Gasteiger partial charge in [0.15, 0.2) is 5.75 Å². The monoisotopic (exact) mass is 372 g/mol. The lowest BCUT2D eigenvalue weighted by atomic mass is 10.3. The van der Waals surface area contributed by atoms with Gasteiger partial charge in [0.1, 0.15) is 0 Å². The van der Waals surface area contributed by atoms with Crippen molar-refractivity contribution in [2.45, 2.75) is 9.79 Å². The first-order chi connectivity index (χ1) is 11.0. The third kappa shape index (κ3) is 3.71. The molecule has 0 saturated carbocycles. The molecule has 10 nitrogen and oxygen atoms in total. The molecule has 6 N–H and O–H groups in total. The van der Waals surface area contributed by atoms with E-state index in [2.05, 4.69) is 0 Å². The van der Waals surface area contributed by atoms with Crippen LogP contribution in [0.5, 0.6) is 5.75 Å². The number of nitro groups is 1. The minimum Gasteiger partial charge on any atom is -0.420 e. The molecule has 0 aromatic heterocycles. The standard InChI is InChI=1S/C12H13N4O6PS/c13-12-10(22-23(14,15)19)2-1-3-11(12)24(20,21)9-6-4-8(5-7-9)16(17)18/h1-7H,13H2,(H4,14,15,19). The fraction of sp³-hybridized carbons (Fsp3) is 0. The highest BCUT2D eigenvalue weighted by Crippen LogP contribution is 2.38. The summed E-state index contributed by atoms with van der Waals surface area (Å²) in [6.45, 7) is 0. The average molecular weight is 372 g/mol. The summed E-state index contributed by atoms with van der Waals surface area (Å²) in [6.07, 6.45) is 0. The molecule has 2 aromatic rings. The zero-order valence-electron chi connectivity index (χ0n) is 12.0. The summed E-state index contributed by atoms with van der Waals surface area (Å²) in [5, 5.41) is 10.6. The van der Waals surface area contributed by atoms with Crippen molar-refractivity contribution in [1.29, 1.82) is 0 Å². The SMILES string of the molecule is Nc1c(OP(N)(N)=O)cccc1S(=O)(=O)c1ccc([N+](=O)[O-])cc1. The molecule has 0 amide bonds. The maximum Gasteiger partial charge on any atom is 0.385 e. The Bertz CT molecular complexity index is 939. The van der Waals surface area contributed by atoms with Gasteiger partial charge in [0.25, 0.3) is 5.69 Å². The quantitative estimate of drug-likeness (QED) is 0.302. The lowest BCUT2D eigenvalue weighted by molar-refractivity contribution is -0.384. The molecule has 2 rings (SSSR count). The first kappa shape index (κ1) is 17.9. The lowest BCUT2D eigenvalue weighted by Crippen LogP contribution is -2.13. The van der Waals surface area contributed by atoms with Crippen LogP contribution in [0.4, 0.5) is 11.4 Å². The predicted molar refractivity (Wildman–Crippen MR) is 86.0 cm³/mol. The summed E-state index contributed by atoms with van der Waals surface area (Å²) >= 11 is 0. The van der Waals surface area contributed by atoms with Gasteiger partial charge >= 0.3 is 7.67 Å². The fourth-order valence-electron chi connectivity index (χ4n) is 1.87. The van der Waals surface area contributed by atoms with Crippen molar-refractivity contribution in [3.05, 3.63) is 52.6 Å². The van der Waals surface area contributed by atoms with Crippen LogP contribution in [0.2, 0.25) is 0 Å². The molecule has 0 aliphatic carbocycles. The lowest BCUT2D eigenvalue weighted by Gasteiger charge is -2.14. The first-order valence-corrected chi connectivity index (χ1v) is 9.52. The maximum atomic E-state index is 12.6. The number of nitrogen functional groups attached to an aromatic ring is 1. The molecule has 0 fully saturated rings. The number of anilines is 1. The van der Waals surface area contributed by atoms with E-state index in [-0.39, 0.29) is 26.9 Å². The predicted octanol–water partition coefficient (Wildman–Crippen LogP) is 1.41. The van der Waals surface area contributed by atoms with Gasteiger partial charge in [-0.05, 0) is 24.3 Å². The number of para-hydroxylation sites is 1. The third-order valence-corrected chi connectivity index (χ3v) is 5.22. The Labute approximate surface area is 136 Å². The summed E-state index contributed by atoms with van der Waals surface area (Å²) in [4.78, 5) is 9.44. The van der Waals surface area contributed by atoms with E-state index in [4.69, 9.17) is 21.3 Å². The van der Waals surface area contributed by atoms with E-state index in [0.717, 1.165) is 24.3 Å². The van der Waals surface area contributed by atoms with Gasteiger partial charge in [0.05, 0.1) is 20.4 Å². The number of hydrogen-bond acceptors (Lipinski definition) is 7. The highest BCUT2D eigenvalue weighted by atomic mass is 32.2. The minimum absolute atomic E-state index is 0.208. The zero-order valence-corrected chi connectivity index (χ0v) is 13.7. The van der Waals surface area contributed by atoms with E-state index in [9.17, 15) is 23.1 Å². The molecule has 0 aliphatic heterocycles. The van der Waals surface area contributed by atoms with Crippen molar-refractivity contribution in [1.82, 2.24) is 0 Å². The Morgan fingerprint density at radius 2 is 1.67 bits per heavy atom. The van der Waals surface area contributed by atoms with E-state index < -0.39 is 22.4 Å². The molecule has 0 aliphatic rings. The van der Waals surface area contributed by atoms with Crippen LogP contribution in [0.15, 0.2) is 52.3 Å². The number of rotatable bonds is 5. The first-order valence-electron chi connectivity index (χ1n) is 6.27. The number of nitro benzene ring substituents is 1. The summed E-state index contributed by atoms with van der Waals surface area (Å²) < 4.78 is 41.4. The second kappa shape index (κ2) is 6.21. The number of hydrogen-bond donors (Lipinski definition) is 3. The highest BCUT2D eigenvalue weighted by molar-refractivity contribution is 7.91. The molecule has 0 radical (unpaired) electrons. The molecule has 12 heteroatoms. The van der Waals surface area contributed by atoms with Crippen molar-refractivity contribution in [3.8, 4) is 5.75 Å². The van der Waals surface area contributed by atoms with Gasteiger partial charge in [0, 0.05) is 12.1 Å². The van der Waals surface area contributed by atoms with Crippen LogP contribution in [0.1, 0.15) is 0 Å². The number of non-ortho nitro benzene ring substituents is 1. The Kier molecular flexibility index (Phi) is 4.63. The summed E-state index contributed by atoms with van der Waals surface area (Å²) in [5.41, 5.74) is 15.4. The van der Waals surface area contributed by atoms with Gasteiger partial charge in [-0.2, -0.15) is 0 Å². The molecular weight excluding hydrogens is 359 g/mol. The fourth-order valence-corrected chi connectivity index (χ4v) is 3.73. The van der Waals surface area contributed by atoms with Gasteiger partial charge in [-0.3, -0.25) is 10.1 Å². The van der Waals surface area contributed by atoms with Gasteiger partial charge in [-0.1, -0.05) is 6.07 Å². The average Bonchev–Trinajstić information content (AvgIpc) is 2.48. The highest BCUT2D eigenvalue weighted by Gasteiger charge is 2.24. The Balaban J connectivity index is 2.52. The van der Waals surface area contributed by atoms with Crippen molar-refractivity contribution in [2.24, 2.45) is 11.0 Å². The maximum absolute atomic E-state index is 12.6. The smallest absolute Gasteiger partial charge is 0.385 e. The number of sulfone groups is 1.